The normalized spacial score (nSPS) is 13.7. The maximum Gasteiger partial charge on any atom is 0.0909 e. The van der Waals surface area contributed by atoms with Crippen molar-refractivity contribution in [1.29, 1.82) is 0 Å². The zero-order valence-electron chi connectivity index (χ0n) is 28.7. The molecule has 0 saturated carbocycles. The van der Waals surface area contributed by atoms with Gasteiger partial charge in [-0.1, -0.05) is 179 Å². The average Bonchev–Trinajstić information content (AvgIpc) is 2.94. The highest BCUT2D eigenvalue weighted by molar-refractivity contribution is 15.0. The van der Waals surface area contributed by atoms with Crippen molar-refractivity contribution in [1.82, 2.24) is 0 Å². The fourth-order valence-electron chi connectivity index (χ4n) is 2.44. The first-order valence-electron chi connectivity index (χ1n) is 12.7. The molecular weight excluding hydrogens is 1480 g/mol. The third-order valence-electron chi connectivity index (χ3n) is 3.43. The van der Waals surface area contributed by atoms with E-state index < -0.39 is 62.2 Å². The van der Waals surface area contributed by atoms with Crippen molar-refractivity contribution in [2.24, 2.45) is 0 Å². The molecule has 6 unspecified atom stereocenters. The maximum absolute atomic E-state index is 6.02. The van der Waals surface area contributed by atoms with Gasteiger partial charge in [0, 0.05) is 115 Å². The second kappa shape index (κ2) is 64.8. The van der Waals surface area contributed by atoms with Crippen molar-refractivity contribution in [3.8, 4) is 0 Å². The van der Waals surface area contributed by atoms with Gasteiger partial charge in [-0.15, -0.1) is 54.9 Å². The molecule has 0 aliphatic heterocycles. The molecule has 0 N–H and O–H groups in total. The van der Waals surface area contributed by atoms with Crippen molar-refractivity contribution < 1.29 is 0 Å². The van der Waals surface area contributed by atoms with Gasteiger partial charge in [-0.2, -0.15) is 0 Å². The van der Waals surface area contributed by atoms with Crippen LogP contribution in [-0.2, 0) is 0 Å². The average molecular weight is 1530 g/mol. The SMILES string of the molecule is C.C.CCP(Cl)Cl.CCl.CCl.CP(C)CP(C)CP(C)CP(C)C.ClP(Cl)CP(Cl)CP(Cl)CP(Cl)Cl.ClP(Cl)CP(Cl)CP(Cl)CP(Cl)Cl.II. The summed E-state index contributed by atoms with van der Waals surface area (Å²) < 4.78 is 0. The van der Waals surface area contributed by atoms with E-state index in [0.717, 1.165) is 18.0 Å². The van der Waals surface area contributed by atoms with E-state index in [9.17, 15) is 0 Å². The molecule has 0 amide bonds. The topological polar surface area (TPSA) is 0 Å². The molecular formula is C21H55Cl16I2P13. The molecule has 0 saturated heterocycles. The molecule has 0 aromatic carbocycles. The number of rotatable bonds is 19. The minimum absolute atomic E-state index is 0. The summed E-state index contributed by atoms with van der Waals surface area (Å²) in [5, 5.41) is 0. The van der Waals surface area contributed by atoms with Gasteiger partial charge >= 0.3 is 0 Å². The second-order valence-corrected chi connectivity index (χ2v) is 54.7. The van der Waals surface area contributed by atoms with Gasteiger partial charge in [-0.05, 0) is 63.9 Å². The predicted octanol–water partition coefficient (Wildman–Crippen LogP) is 27.5. The van der Waals surface area contributed by atoms with Gasteiger partial charge in [0.05, 0.1) is 33.1 Å². The molecule has 0 fully saturated rings. The molecule has 6 atom stereocenters. The van der Waals surface area contributed by atoms with Gasteiger partial charge < -0.3 is 0 Å². The van der Waals surface area contributed by atoms with Gasteiger partial charge in [0.2, 0.25) is 0 Å². The zero-order chi connectivity index (χ0) is 41.6. The number of halogens is 18. The molecule has 52 heavy (non-hydrogen) atoms. The van der Waals surface area contributed by atoms with Crippen molar-refractivity contribution >= 4 is 312 Å². The van der Waals surface area contributed by atoms with Gasteiger partial charge in [-0.25, -0.2) is 0 Å². The Morgan fingerprint density at radius 2 is 0.500 bits per heavy atom. The van der Waals surface area contributed by atoms with Crippen LogP contribution in [0.2, 0.25) is 0 Å². The number of hydrogen-bond acceptors (Lipinski definition) is 0. The molecule has 0 rings (SSSR count). The highest BCUT2D eigenvalue weighted by Gasteiger charge is 2.18. The van der Waals surface area contributed by atoms with Crippen LogP contribution >= 0.6 is 312 Å². The summed E-state index contributed by atoms with van der Waals surface area (Å²) in [6.07, 6.45) is 3.85. The molecule has 330 valence electrons. The summed E-state index contributed by atoms with van der Waals surface area (Å²) in [6.45, 7) is 12.1. The Morgan fingerprint density at radius 1 is 0.327 bits per heavy atom. The molecule has 0 aliphatic rings. The van der Waals surface area contributed by atoms with Crippen LogP contribution in [-0.4, -0.2) is 112 Å². The highest BCUT2D eigenvalue weighted by atomic mass is 128. The molecule has 0 aliphatic carbocycles. The minimum Gasteiger partial charge on any atom is -0.130 e. The number of alkyl halides is 2. The third-order valence-corrected chi connectivity index (χ3v) is 46.2. The smallest absolute Gasteiger partial charge is 0.0909 e. The standard InChI is InChI=1S/C9H24P4.2C3H6Cl6P4.C2H5Cl2P.2CH3Cl.2CH4.I2/c1-10(2)7-12(5)9-13(6)8-11(3)4;2*4-10(2-12(6)7)1-11(5)3-13(8)9;1-2-5(3)4;2*1-2;;;1-2/h7-9H2,1-6H3;2*1-3H2;2H2,1H3;2*1H3;2*1H4;. The summed E-state index contributed by atoms with van der Waals surface area (Å²) in [5.41, 5.74) is 0. The predicted molar refractivity (Wildman–Crippen MR) is 327 cm³/mol. The second-order valence-electron chi connectivity index (χ2n) is 8.83. The fraction of sp³-hybridized carbons (Fsp3) is 1.00. The first-order valence-corrected chi connectivity index (χ1v) is 56.8. The first kappa shape index (κ1) is 83.7. The number of hydrogen-bond donors (Lipinski definition) is 0. The Morgan fingerprint density at radius 3 is 0.615 bits per heavy atom. The van der Waals surface area contributed by atoms with E-state index in [1.165, 1.54) is 12.8 Å². The first-order chi connectivity index (χ1) is 23.0. The van der Waals surface area contributed by atoms with Crippen LogP contribution in [0.4, 0.5) is 0 Å². The monoisotopic (exact) mass is 1520 g/mol. The zero-order valence-corrected chi connectivity index (χ0v) is 56.7. The maximum atomic E-state index is 6.02. The molecule has 0 nitrogen and oxygen atoms in total. The van der Waals surface area contributed by atoms with Crippen LogP contribution in [0.1, 0.15) is 21.8 Å². The summed E-state index contributed by atoms with van der Waals surface area (Å²) in [5.74, 6) is 8.88. The Balaban J connectivity index is -0.0000000656. The summed E-state index contributed by atoms with van der Waals surface area (Å²) in [4.78, 5) is 0. The van der Waals surface area contributed by atoms with E-state index in [4.69, 9.17) is 157 Å². The van der Waals surface area contributed by atoms with Crippen molar-refractivity contribution in [2.45, 2.75) is 21.8 Å². The van der Waals surface area contributed by atoms with E-state index in [0.29, 0.717) is 55.3 Å². The lowest BCUT2D eigenvalue weighted by molar-refractivity contribution is 1.53. The Bertz CT molecular complexity index is 513. The minimum atomic E-state index is -0.958. The van der Waals surface area contributed by atoms with Crippen LogP contribution in [0, 0.1) is 0 Å². The van der Waals surface area contributed by atoms with Crippen LogP contribution in [0.3, 0.4) is 0 Å². The largest absolute Gasteiger partial charge is 0.130 e. The van der Waals surface area contributed by atoms with Crippen molar-refractivity contribution in [3.05, 3.63) is 0 Å². The molecule has 0 bridgehead atoms. The van der Waals surface area contributed by atoms with Crippen molar-refractivity contribution in [3.63, 3.8) is 0 Å². The van der Waals surface area contributed by atoms with Gasteiger partial charge in [0.1, 0.15) is 0 Å². The van der Waals surface area contributed by atoms with E-state index >= 15 is 0 Å². The molecule has 31 heteroatoms. The molecule has 0 spiro atoms. The molecule has 0 radical (unpaired) electrons. The lowest BCUT2D eigenvalue weighted by Crippen LogP contribution is -1.88. The van der Waals surface area contributed by atoms with Crippen LogP contribution in [0.5, 0.6) is 0 Å². The fourth-order valence-corrected chi connectivity index (χ4v) is 49.5. The quantitative estimate of drug-likeness (QED) is 0.0687. The van der Waals surface area contributed by atoms with Gasteiger partial charge in [0.15, 0.2) is 0 Å². The summed E-state index contributed by atoms with van der Waals surface area (Å²) >= 11 is 93.3. The van der Waals surface area contributed by atoms with Crippen LogP contribution < -0.4 is 0 Å². The van der Waals surface area contributed by atoms with Gasteiger partial charge in [0.25, 0.3) is 0 Å². The lowest BCUT2D eigenvalue weighted by atomic mass is 11.0. The van der Waals surface area contributed by atoms with Crippen molar-refractivity contribution in [2.75, 3.05) is 112 Å². The molecule has 0 aromatic rings. The molecule has 0 aromatic heterocycles. The Labute approximate surface area is 438 Å². The van der Waals surface area contributed by atoms with Crippen LogP contribution in [0.25, 0.3) is 0 Å². The lowest BCUT2D eigenvalue weighted by Gasteiger charge is -2.21. The van der Waals surface area contributed by atoms with E-state index in [2.05, 4.69) is 100 Å². The van der Waals surface area contributed by atoms with E-state index in [1.54, 1.807) is 17.7 Å². The Hall–Kier alpha value is 11.7. The third kappa shape index (κ3) is 92.0. The van der Waals surface area contributed by atoms with E-state index in [1.807, 2.05) is 6.92 Å². The van der Waals surface area contributed by atoms with Gasteiger partial charge in [-0.3, -0.25) is 0 Å². The van der Waals surface area contributed by atoms with E-state index in [-0.39, 0.29) is 14.9 Å². The Kier molecular flexibility index (Phi) is 104. The summed E-state index contributed by atoms with van der Waals surface area (Å²) in [7, 11) is -1.19. The molecule has 0 heterocycles. The highest BCUT2D eigenvalue weighted by Crippen LogP contribution is 2.70. The van der Waals surface area contributed by atoms with Crippen LogP contribution in [0.15, 0.2) is 0 Å². The summed E-state index contributed by atoms with van der Waals surface area (Å²) in [6, 6.07) is 0.